The van der Waals surface area contributed by atoms with Crippen LogP contribution in [0.4, 0.5) is 29.3 Å². The predicted molar refractivity (Wildman–Crippen MR) is 105 cm³/mol. The fraction of sp³-hybridized carbons (Fsp3) is 0.143. The highest BCUT2D eigenvalue weighted by Crippen LogP contribution is 2.35. The van der Waals surface area contributed by atoms with Gasteiger partial charge in [-0.15, -0.1) is 0 Å². The normalized spacial score (nSPS) is 11.1. The Labute approximate surface area is 165 Å². The average Bonchev–Trinajstić information content (AvgIpc) is 2.67. The molecule has 0 saturated heterocycles. The molecule has 5 nitrogen and oxygen atoms in total. The van der Waals surface area contributed by atoms with E-state index in [4.69, 9.17) is 4.74 Å². The molecule has 0 spiro atoms. The maximum Gasteiger partial charge on any atom is 0.416 e. The topological polar surface area (TPSA) is 63.2 Å². The number of nitrogens with zero attached hydrogens (tertiary/aromatic N) is 1. The highest BCUT2D eigenvalue weighted by molar-refractivity contribution is 6.00. The first kappa shape index (κ1) is 20.2. The number of urea groups is 1. The van der Waals surface area contributed by atoms with Crippen molar-refractivity contribution in [3.05, 3.63) is 72.1 Å². The third-order valence-electron chi connectivity index (χ3n) is 4.15. The molecule has 0 radical (unpaired) electrons. The number of methoxy groups -OCH3 is 1. The SMILES string of the molecule is COc1ccc(C(F)(F)F)cc1NC(=O)Nc1ccc(-c2ccnc(C)c2)cc1. The van der Waals surface area contributed by atoms with Gasteiger partial charge in [-0.3, -0.25) is 4.98 Å². The summed E-state index contributed by atoms with van der Waals surface area (Å²) >= 11 is 0. The second-order valence-corrected chi connectivity index (χ2v) is 6.26. The van der Waals surface area contributed by atoms with E-state index < -0.39 is 17.8 Å². The summed E-state index contributed by atoms with van der Waals surface area (Å²) in [5.74, 6) is 0.122. The summed E-state index contributed by atoms with van der Waals surface area (Å²) in [6.45, 7) is 1.89. The second-order valence-electron chi connectivity index (χ2n) is 6.26. The Morgan fingerprint density at radius 2 is 1.69 bits per heavy atom. The minimum Gasteiger partial charge on any atom is -0.495 e. The number of rotatable bonds is 4. The first-order valence-electron chi connectivity index (χ1n) is 8.62. The number of nitrogens with one attached hydrogen (secondary N) is 2. The van der Waals surface area contributed by atoms with Gasteiger partial charge in [0.05, 0.1) is 18.4 Å². The highest BCUT2D eigenvalue weighted by Gasteiger charge is 2.31. The summed E-state index contributed by atoms with van der Waals surface area (Å²) in [4.78, 5) is 16.4. The number of alkyl halides is 3. The molecule has 0 saturated carbocycles. The molecule has 2 aromatic carbocycles. The summed E-state index contributed by atoms with van der Waals surface area (Å²) in [6.07, 6.45) is -2.81. The molecule has 2 amide bonds. The van der Waals surface area contributed by atoms with Gasteiger partial charge >= 0.3 is 12.2 Å². The number of anilines is 2. The molecule has 29 heavy (non-hydrogen) atoms. The van der Waals surface area contributed by atoms with Crippen molar-refractivity contribution in [1.29, 1.82) is 0 Å². The number of carbonyl (C=O) groups is 1. The first-order chi connectivity index (χ1) is 13.8. The van der Waals surface area contributed by atoms with Crippen molar-refractivity contribution in [3.63, 3.8) is 0 Å². The lowest BCUT2D eigenvalue weighted by molar-refractivity contribution is -0.137. The minimum absolute atomic E-state index is 0.0799. The summed E-state index contributed by atoms with van der Waals surface area (Å²) in [7, 11) is 1.31. The molecule has 8 heteroatoms. The smallest absolute Gasteiger partial charge is 0.416 e. The van der Waals surface area contributed by atoms with Gasteiger partial charge in [-0.1, -0.05) is 12.1 Å². The van der Waals surface area contributed by atoms with Crippen LogP contribution in [0.25, 0.3) is 11.1 Å². The number of hydrogen-bond donors (Lipinski definition) is 2. The standard InChI is InChI=1S/C21H18F3N3O2/c1-13-11-15(9-10-25-13)14-3-6-17(7-4-14)26-20(28)27-18-12-16(21(22,23)24)5-8-19(18)29-2/h3-12H,1-2H3,(H2,26,27,28). The van der Waals surface area contributed by atoms with Crippen LogP contribution in [0.3, 0.4) is 0 Å². The van der Waals surface area contributed by atoms with Crippen LogP contribution in [0, 0.1) is 6.92 Å². The van der Waals surface area contributed by atoms with Crippen LogP contribution in [0.1, 0.15) is 11.3 Å². The van der Waals surface area contributed by atoms with E-state index >= 15 is 0 Å². The molecule has 0 atom stereocenters. The van der Waals surface area contributed by atoms with Crippen molar-refractivity contribution in [2.45, 2.75) is 13.1 Å². The van der Waals surface area contributed by atoms with Crippen LogP contribution in [-0.4, -0.2) is 18.1 Å². The zero-order valence-corrected chi connectivity index (χ0v) is 15.7. The average molecular weight is 401 g/mol. The molecule has 3 rings (SSSR count). The van der Waals surface area contributed by atoms with E-state index in [0.29, 0.717) is 5.69 Å². The number of ether oxygens (including phenoxy) is 1. The van der Waals surface area contributed by atoms with Crippen LogP contribution < -0.4 is 15.4 Å². The molecule has 0 fully saturated rings. The zero-order chi connectivity index (χ0) is 21.0. The highest BCUT2D eigenvalue weighted by atomic mass is 19.4. The van der Waals surface area contributed by atoms with Gasteiger partial charge in [-0.05, 0) is 60.5 Å². The first-order valence-corrected chi connectivity index (χ1v) is 8.62. The quantitative estimate of drug-likeness (QED) is 0.587. The molecule has 3 aromatic rings. The number of hydrogen-bond acceptors (Lipinski definition) is 3. The van der Waals surface area contributed by atoms with E-state index in [9.17, 15) is 18.0 Å². The van der Waals surface area contributed by atoms with Gasteiger partial charge in [0.25, 0.3) is 0 Å². The monoisotopic (exact) mass is 401 g/mol. The van der Waals surface area contributed by atoms with Gasteiger partial charge in [0, 0.05) is 17.6 Å². The van der Waals surface area contributed by atoms with E-state index in [-0.39, 0.29) is 11.4 Å². The molecular weight excluding hydrogens is 383 g/mol. The molecular formula is C21H18F3N3O2. The largest absolute Gasteiger partial charge is 0.495 e. The summed E-state index contributed by atoms with van der Waals surface area (Å²) in [5, 5.41) is 4.98. The van der Waals surface area contributed by atoms with Gasteiger partial charge in [0.15, 0.2) is 0 Å². The van der Waals surface area contributed by atoms with Crippen molar-refractivity contribution in [2.24, 2.45) is 0 Å². The van der Waals surface area contributed by atoms with E-state index in [2.05, 4.69) is 15.6 Å². The molecule has 150 valence electrons. The summed E-state index contributed by atoms with van der Waals surface area (Å²) in [5.41, 5.74) is 2.35. The number of amides is 2. The van der Waals surface area contributed by atoms with E-state index in [1.54, 1.807) is 18.3 Å². The van der Waals surface area contributed by atoms with Crippen LogP contribution in [0.15, 0.2) is 60.8 Å². The van der Waals surface area contributed by atoms with E-state index in [1.165, 1.54) is 7.11 Å². The maximum atomic E-state index is 12.9. The Morgan fingerprint density at radius 1 is 0.966 bits per heavy atom. The molecule has 0 aliphatic carbocycles. The Bertz CT molecular complexity index is 1020. The van der Waals surface area contributed by atoms with Crippen molar-refractivity contribution in [2.75, 3.05) is 17.7 Å². The number of benzene rings is 2. The number of aryl methyl sites for hydroxylation is 1. The lowest BCUT2D eigenvalue weighted by Crippen LogP contribution is -2.20. The molecule has 1 heterocycles. The van der Waals surface area contributed by atoms with Crippen LogP contribution in [0.5, 0.6) is 5.75 Å². The molecule has 2 N–H and O–H groups in total. The Kier molecular flexibility index (Phi) is 5.72. The van der Waals surface area contributed by atoms with Crippen molar-refractivity contribution >= 4 is 17.4 Å². The van der Waals surface area contributed by atoms with Gasteiger partial charge in [-0.2, -0.15) is 13.2 Å². The van der Waals surface area contributed by atoms with Crippen molar-refractivity contribution < 1.29 is 22.7 Å². The molecule has 0 aliphatic rings. The second kappa shape index (κ2) is 8.22. The summed E-state index contributed by atoms with van der Waals surface area (Å²) in [6, 6.07) is 13.1. The molecule has 0 unspecified atom stereocenters. The molecule has 0 aliphatic heterocycles. The number of pyridine rings is 1. The van der Waals surface area contributed by atoms with Crippen LogP contribution in [-0.2, 0) is 6.18 Å². The third kappa shape index (κ3) is 5.04. The lowest BCUT2D eigenvalue weighted by Gasteiger charge is -2.14. The Balaban J connectivity index is 1.72. The van der Waals surface area contributed by atoms with E-state index in [0.717, 1.165) is 35.0 Å². The lowest BCUT2D eigenvalue weighted by atomic mass is 10.1. The number of carbonyl (C=O) groups excluding carboxylic acids is 1. The molecule has 1 aromatic heterocycles. The predicted octanol–water partition coefficient (Wildman–Crippen LogP) is 5.73. The minimum atomic E-state index is -4.53. The molecule has 0 bridgehead atoms. The van der Waals surface area contributed by atoms with Crippen molar-refractivity contribution in [3.8, 4) is 16.9 Å². The van der Waals surface area contributed by atoms with Crippen molar-refractivity contribution in [1.82, 2.24) is 4.98 Å². The Morgan fingerprint density at radius 3 is 2.31 bits per heavy atom. The zero-order valence-electron chi connectivity index (χ0n) is 15.7. The number of halogens is 3. The van der Waals surface area contributed by atoms with Crippen LogP contribution in [0.2, 0.25) is 0 Å². The van der Waals surface area contributed by atoms with Gasteiger partial charge < -0.3 is 15.4 Å². The van der Waals surface area contributed by atoms with Gasteiger partial charge in [0.1, 0.15) is 5.75 Å². The van der Waals surface area contributed by atoms with Gasteiger partial charge in [0.2, 0.25) is 0 Å². The fourth-order valence-electron chi connectivity index (χ4n) is 2.74. The van der Waals surface area contributed by atoms with E-state index in [1.807, 2.05) is 31.2 Å². The third-order valence-corrected chi connectivity index (χ3v) is 4.15. The fourth-order valence-corrected chi connectivity index (χ4v) is 2.74. The maximum absolute atomic E-state index is 12.9. The van der Waals surface area contributed by atoms with Crippen LogP contribution >= 0.6 is 0 Å². The summed E-state index contributed by atoms with van der Waals surface area (Å²) < 4.78 is 43.8. The Hall–Kier alpha value is -3.55. The van der Waals surface area contributed by atoms with Gasteiger partial charge in [-0.25, -0.2) is 4.79 Å². The number of aromatic nitrogens is 1.